The molecule has 2 aromatic heterocycles. The molecular weight excluding hydrogens is 515 g/mol. The molecule has 10 heteroatoms. The topological polar surface area (TPSA) is 76.8 Å². The normalized spacial score (nSPS) is 22.2. The van der Waals surface area contributed by atoms with E-state index in [2.05, 4.69) is 37.9 Å². The number of rotatable bonds is 6. The Morgan fingerprint density at radius 1 is 1.30 bits per heavy atom. The Kier molecular flexibility index (Phi) is 8.90. The van der Waals surface area contributed by atoms with Crippen LogP contribution in [-0.4, -0.2) is 70.7 Å². The molecule has 1 N–H and O–H groups in total. The minimum absolute atomic E-state index is 0. The molecule has 0 aliphatic carbocycles. The van der Waals surface area contributed by atoms with Gasteiger partial charge in [0.05, 0.1) is 12.7 Å². The molecule has 2 atom stereocenters. The van der Waals surface area contributed by atoms with Crippen LogP contribution in [0.2, 0.25) is 0 Å². The summed E-state index contributed by atoms with van der Waals surface area (Å²) in [7, 11) is 1.98. The summed E-state index contributed by atoms with van der Waals surface area (Å²) in [6.45, 7) is 6.46. The van der Waals surface area contributed by atoms with Crippen molar-refractivity contribution in [3.05, 3.63) is 34.0 Å². The standard InChI is InChI=1S/C20H30N6O2S.HI/c1-15-23-24-19(25(15)2)13-22-20(21-8-7-16-5-4-12-29-16)26-9-11-28-18(14-26)17-6-3-10-27-17;/h4-5,12,17-18H,3,6-11,13-14H2,1-2H3,(H,21,22);1H. The third kappa shape index (κ3) is 5.92. The van der Waals surface area contributed by atoms with E-state index in [4.69, 9.17) is 14.5 Å². The molecule has 2 fully saturated rings. The summed E-state index contributed by atoms with van der Waals surface area (Å²) >= 11 is 1.79. The van der Waals surface area contributed by atoms with Gasteiger partial charge in [-0.3, -0.25) is 0 Å². The van der Waals surface area contributed by atoms with Gasteiger partial charge in [0.15, 0.2) is 11.8 Å². The summed E-state index contributed by atoms with van der Waals surface area (Å²) in [4.78, 5) is 8.56. The SMILES string of the molecule is Cc1nnc(CN=C(NCCc2cccs2)N2CCOC(C3CCCO3)C2)n1C.I. The lowest BCUT2D eigenvalue weighted by molar-refractivity contribution is -0.0817. The Hall–Kier alpha value is -1.24. The van der Waals surface area contributed by atoms with Crippen LogP contribution >= 0.6 is 35.3 Å². The summed E-state index contributed by atoms with van der Waals surface area (Å²) in [5.74, 6) is 2.67. The van der Waals surface area contributed by atoms with Crippen LogP contribution in [0, 0.1) is 6.92 Å². The van der Waals surface area contributed by atoms with Crippen LogP contribution in [0.4, 0.5) is 0 Å². The monoisotopic (exact) mass is 546 g/mol. The number of aryl methyl sites for hydroxylation is 1. The highest BCUT2D eigenvalue weighted by atomic mass is 127. The van der Waals surface area contributed by atoms with Crippen molar-refractivity contribution in [2.45, 2.75) is 44.9 Å². The lowest BCUT2D eigenvalue weighted by Gasteiger charge is -2.37. The van der Waals surface area contributed by atoms with Crippen LogP contribution < -0.4 is 5.32 Å². The Bertz CT molecular complexity index is 806. The van der Waals surface area contributed by atoms with Gasteiger partial charge in [-0.25, -0.2) is 4.99 Å². The van der Waals surface area contributed by atoms with Gasteiger partial charge in [-0.15, -0.1) is 45.5 Å². The number of morpholine rings is 1. The maximum Gasteiger partial charge on any atom is 0.194 e. The summed E-state index contributed by atoms with van der Waals surface area (Å²) in [6.07, 6.45) is 3.49. The molecule has 0 amide bonds. The van der Waals surface area contributed by atoms with Crippen LogP contribution in [0.25, 0.3) is 0 Å². The van der Waals surface area contributed by atoms with Crippen molar-refractivity contribution in [1.29, 1.82) is 0 Å². The highest BCUT2D eigenvalue weighted by Crippen LogP contribution is 2.21. The Morgan fingerprint density at radius 2 is 2.17 bits per heavy atom. The van der Waals surface area contributed by atoms with E-state index in [1.54, 1.807) is 11.3 Å². The maximum absolute atomic E-state index is 6.02. The molecule has 2 aliphatic heterocycles. The van der Waals surface area contributed by atoms with Gasteiger partial charge in [0.25, 0.3) is 0 Å². The first kappa shape index (κ1) is 23.4. The number of halogens is 1. The second-order valence-corrected chi connectivity index (χ2v) is 8.56. The van der Waals surface area contributed by atoms with Gasteiger partial charge in [0.1, 0.15) is 18.5 Å². The van der Waals surface area contributed by atoms with Crippen LogP contribution in [-0.2, 0) is 29.5 Å². The number of ether oxygens (including phenoxy) is 2. The molecule has 166 valence electrons. The molecule has 2 saturated heterocycles. The zero-order valence-electron chi connectivity index (χ0n) is 17.6. The average molecular weight is 546 g/mol. The highest BCUT2D eigenvalue weighted by Gasteiger charge is 2.32. The summed E-state index contributed by atoms with van der Waals surface area (Å²) in [5.41, 5.74) is 0. The third-order valence-corrected chi connectivity index (χ3v) is 6.50. The van der Waals surface area contributed by atoms with E-state index in [1.165, 1.54) is 4.88 Å². The Morgan fingerprint density at radius 3 is 2.87 bits per heavy atom. The number of guanidine groups is 1. The fourth-order valence-electron chi connectivity index (χ4n) is 3.74. The molecule has 2 unspecified atom stereocenters. The average Bonchev–Trinajstić information content (AvgIpc) is 3.50. The quantitative estimate of drug-likeness (QED) is 0.341. The van der Waals surface area contributed by atoms with E-state index in [0.717, 1.165) is 63.1 Å². The minimum atomic E-state index is 0. The van der Waals surface area contributed by atoms with Crippen molar-refractivity contribution in [3.8, 4) is 0 Å². The molecular formula is C20H31IN6O2S. The number of hydrogen-bond donors (Lipinski definition) is 1. The fourth-order valence-corrected chi connectivity index (χ4v) is 4.45. The number of nitrogens with zero attached hydrogens (tertiary/aromatic N) is 5. The molecule has 30 heavy (non-hydrogen) atoms. The predicted octanol–water partition coefficient (Wildman–Crippen LogP) is 2.37. The molecule has 0 spiro atoms. The Labute approximate surface area is 199 Å². The smallest absolute Gasteiger partial charge is 0.194 e. The lowest BCUT2D eigenvalue weighted by atomic mass is 10.1. The second kappa shape index (κ2) is 11.4. The van der Waals surface area contributed by atoms with Crippen molar-refractivity contribution >= 4 is 41.3 Å². The number of nitrogens with one attached hydrogen (secondary N) is 1. The molecule has 4 heterocycles. The van der Waals surface area contributed by atoms with Crippen molar-refractivity contribution in [1.82, 2.24) is 25.0 Å². The predicted molar refractivity (Wildman–Crippen MR) is 129 cm³/mol. The second-order valence-electron chi connectivity index (χ2n) is 7.53. The summed E-state index contributed by atoms with van der Waals surface area (Å²) in [5, 5.41) is 14.1. The van der Waals surface area contributed by atoms with E-state index in [0.29, 0.717) is 13.2 Å². The summed E-state index contributed by atoms with van der Waals surface area (Å²) < 4.78 is 13.9. The fraction of sp³-hybridized carbons (Fsp3) is 0.650. The van der Waals surface area contributed by atoms with Gasteiger partial charge in [0.2, 0.25) is 0 Å². The van der Waals surface area contributed by atoms with Crippen LogP contribution in [0.15, 0.2) is 22.5 Å². The van der Waals surface area contributed by atoms with Crippen molar-refractivity contribution in [2.75, 3.05) is 32.8 Å². The van der Waals surface area contributed by atoms with Crippen LogP contribution in [0.1, 0.15) is 29.4 Å². The zero-order valence-corrected chi connectivity index (χ0v) is 20.8. The lowest BCUT2D eigenvalue weighted by Crippen LogP contribution is -2.53. The maximum atomic E-state index is 6.02. The third-order valence-electron chi connectivity index (χ3n) is 5.56. The van der Waals surface area contributed by atoms with E-state index in [-0.39, 0.29) is 36.2 Å². The molecule has 4 rings (SSSR count). The number of hydrogen-bond acceptors (Lipinski definition) is 6. The van der Waals surface area contributed by atoms with Crippen molar-refractivity contribution in [3.63, 3.8) is 0 Å². The molecule has 8 nitrogen and oxygen atoms in total. The first-order valence-corrected chi connectivity index (χ1v) is 11.2. The van der Waals surface area contributed by atoms with Gasteiger partial charge in [-0.1, -0.05) is 6.07 Å². The molecule has 2 aromatic rings. The number of thiophene rings is 1. The van der Waals surface area contributed by atoms with Crippen LogP contribution in [0.5, 0.6) is 0 Å². The molecule has 0 saturated carbocycles. The zero-order chi connectivity index (χ0) is 20.1. The molecule has 0 bridgehead atoms. The number of aliphatic imine (C=N–C) groups is 1. The van der Waals surface area contributed by atoms with E-state index < -0.39 is 0 Å². The molecule has 0 aromatic carbocycles. The Balaban J connectivity index is 0.00000256. The summed E-state index contributed by atoms with van der Waals surface area (Å²) in [6, 6.07) is 4.27. The van der Waals surface area contributed by atoms with Gasteiger partial charge in [-0.05, 0) is 37.6 Å². The first-order valence-electron chi connectivity index (χ1n) is 10.3. The van der Waals surface area contributed by atoms with Gasteiger partial charge in [0, 0.05) is 38.2 Å². The highest BCUT2D eigenvalue weighted by molar-refractivity contribution is 14.0. The number of aromatic nitrogens is 3. The van der Waals surface area contributed by atoms with Gasteiger partial charge >= 0.3 is 0 Å². The van der Waals surface area contributed by atoms with Gasteiger partial charge in [-0.2, -0.15) is 0 Å². The van der Waals surface area contributed by atoms with E-state index in [1.807, 2.05) is 18.5 Å². The largest absolute Gasteiger partial charge is 0.375 e. The molecule has 2 aliphatic rings. The molecule has 0 radical (unpaired) electrons. The van der Waals surface area contributed by atoms with Crippen molar-refractivity contribution in [2.24, 2.45) is 12.0 Å². The van der Waals surface area contributed by atoms with Gasteiger partial charge < -0.3 is 24.3 Å². The van der Waals surface area contributed by atoms with Crippen molar-refractivity contribution < 1.29 is 9.47 Å². The first-order chi connectivity index (χ1) is 14.2. The van der Waals surface area contributed by atoms with E-state index in [9.17, 15) is 0 Å². The van der Waals surface area contributed by atoms with Crippen LogP contribution in [0.3, 0.4) is 0 Å². The van der Waals surface area contributed by atoms with E-state index >= 15 is 0 Å². The minimum Gasteiger partial charge on any atom is -0.375 e.